The second-order valence-corrected chi connectivity index (χ2v) is 3.67. The zero-order valence-electron chi connectivity index (χ0n) is 9.90. The molecule has 0 aliphatic carbocycles. The van der Waals surface area contributed by atoms with E-state index in [0.717, 1.165) is 5.56 Å². The standard InChI is InChI=1S/C12H15N3O2/c1-3-17-7-9-6-15-8(2)11(16)10(9)12-13-4-5-14-12/h4-6,16H,3,7H2,1-2H3,(H,13,14). The van der Waals surface area contributed by atoms with Gasteiger partial charge < -0.3 is 14.8 Å². The smallest absolute Gasteiger partial charge is 0.148 e. The van der Waals surface area contributed by atoms with Crippen molar-refractivity contribution in [2.45, 2.75) is 20.5 Å². The molecule has 0 saturated carbocycles. The molecule has 2 N–H and O–H groups in total. The summed E-state index contributed by atoms with van der Waals surface area (Å²) >= 11 is 0. The van der Waals surface area contributed by atoms with Crippen LogP contribution in [0.25, 0.3) is 11.4 Å². The molecule has 0 fully saturated rings. The lowest BCUT2D eigenvalue weighted by atomic mass is 10.1. The molecule has 17 heavy (non-hydrogen) atoms. The summed E-state index contributed by atoms with van der Waals surface area (Å²) in [5, 5.41) is 10.1. The second-order valence-electron chi connectivity index (χ2n) is 3.67. The molecule has 0 aromatic carbocycles. The Morgan fingerprint density at radius 1 is 1.41 bits per heavy atom. The third-order valence-corrected chi connectivity index (χ3v) is 2.51. The first-order valence-corrected chi connectivity index (χ1v) is 5.49. The van der Waals surface area contributed by atoms with Crippen molar-refractivity contribution in [2.75, 3.05) is 6.61 Å². The van der Waals surface area contributed by atoms with E-state index in [2.05, 4.69) is 15.0 Å². The Morgan fingerprint density at radius 2 is 2.24 bits per heavy atom. The number of aromatic nitrogens is 3. The molecule has 2 heterocycles. The van der Waals surface area contributed by atoms with E-state index >= 15 is 0 Å². The maximum Gasteiger partial charge on any atom is 0.148 e. The van der Waals surface area contributed by atoms with Crippen molar-refractivity contribution in [1.82, 2.24) is 15.0 Å². The van der Waals surface area contributed by atoms with Crippen LogP contribution < -0.4 is 0 Å². The topological polar surface area (TPSA) is 71.0 Å². The van der Waals surface area contributed by atoms with Crippen molar-refractivity contribution in [2.24, 2.45) is 0 Å². The van der Waals surface area contributed by atoms with Crippen molar-refractivity contribution in [3.05, 3.63) is 29.8 Å². The molecule has 0 spiro atoms. The first-order chi connectivity index (χ1) is 8.24. The molecule has 5 nitrogen and oxygen atoms in total. The van der Waals surface area contributed by atoms with Crippen LogP contribution in [0.1, 0.15) is 18.2 Å². The largest absolute Gasteiger partial charge is 0.505 e. The van der Waals surface area contributed by atoms with E-state index in [1.807, 2.05) is 6.92 Å². The number of ether oxygens (including phenoxy) is 1. The van der Waals surface area contributed by atoms with Crippen LogP contribution >= 0.6 is 0 Å². The maximum absolute atomic E-state index is 10.1. The molecule has 2 aromatic heterocycles. The number of H-pyrrole nitrogens is 1. The van der Waals surface area contributed by atoms with E-state index in [1.165, 1.54) is 0 Å². The van der Waals surface area contributed by atoms with Crippen LogP contribution in [-0.4, -0.2) is 26.7 Å². The molecular weight excluding hydrogens is 218 g/mol. The summed E-state index contributed by atoms with van der Waals surface area (Å²) < 4.78 is 5.36. The van der Waals surface area contributed by atoms with Crippen molar-refractivity contribution in [3.63, 3.8) is 0 Å². The Labute approximate surface area is 99.5 Å². The molecule has 0 aliphatic heterocycles. The predicted molar refractivity (Wildman–Crippen MR) is 63.6 cm³/mol. The van der Waals surface area contributed by atoms with Crippen LogP contribution in [0.3, 0.4) is 0 Å². The third-order valence-electron chi connectivity index (χ3n) is 2.51. The van der Waals surface area contributed by atoms with Gasteiger partial charge in [-0.05, 0) is 13.8 Å². The van der Waals surface area contributed by atoms with Gasteiger partial charge in [0, 0.05) is 30.8 Å². The summed E-state index contributed by atoms with van der Waals surface area (Å²) in [4.78, 5) is 11.3. The Kier molecular flexibility index (Phi) is 3.39. The monoisotopic (exact) mass is 233 g/mol. The first-order valence-electron chi connectivity index (χ1n) is 5.49. The minimum atomic E-state index is 0.150. The lowest BCUT2D eigenvalue weighted by molar-refractivity contribution is 0.134. The molecule has 2 rings (SSSR count). The van der Waals surface area contributed by atoms with Gasteiger partial charge in [0.25, 0.3) is 0 Å². The molecular formula is C12H15N3O2. The van der Waals surface area contributed by atoms with E-state index in [9.17, 15) is 5.11 Å². The van der Waals surface area contributed by atoms with Crippen LogP contribution in [0.2, 0.25) is 0 Å². The Balaban J connectivity index is 2.49. The number of pyridine rings is 1. The minimum absolute atomic E-state index is 0.150. The van der Waals surface area contributed by atoms with Gasteiger partial charge in [0.15, 0.2) is 0 Å². The Bertz CT molecular complexity index is 495. The number of nitrogens with one attached hydrogen (secondary N) is 1. The number of nitrogens with zero attached hydrogens (tertiary/aromatic N) is 2. The zero-order chi connectivity index (χ0) is 12.3. The summed E-state index contributed by atoms with van der Waals surface area (Å²) in [5.74, 6) is 0.778. The predicted octanol–water partition coefficient (Wildman–Crippen LogP) is 2.02. The van der Waals surface area contributed by atoms with Gasteiger partial charge >= 0.3 is 0 Å². The Morgan fingerprint density at radius 3 is 2.88 bits per heavy atom. The normalized spacial score (nSPS) is 10.7. The number of imidazole rings is 1. The summed E-state index contributed by atoms with van der Waals surface area (Å²) in [5.41, 5.74) is 2.07. The quantitative estimate of drug-likeness (QED) is 0.847. The average molecular weight is 233 g/mol. The number of aromatic hydroxyl groups is 1. The van der Waals surface area contributed by atoms with E-state index < -0.39 is 0 Å². The van der Waals surface area contributed by atoms with Crippen molar-refractivity contribution in [3.8, 4) is 17.1 Å². The first kappa shape index (κ1) is 11.6. The van der Waals surface area contributed by atoms with Crippen molar-refractivity contribution >= 4 is 0 Å². The highest BCUT2D eigenvalue weighted by Crippen LogP contribution is 2.32. The summed E-state index contributed by atoms with van der Waals surface area (Å²) in [6, 6.07) is 0. The Hall–Kier alpha value is -1.88. The summed E-state index contributed by atoms with van der Waals surface area (Å²) in [6.07, 6.45) is 5.08. The zero-order valence-corrected chi connectivity index (χ0v) is 9.90. The fourth-order valence-corrected chi connectivity index (χ4v) is 1.62. The second kappa shape index (κ2) is 4.97. The summed E-state index contributed by atoms with van der Waals surface area (Å²) in [7, 11) is 0. The number of hydrogen-bond donors (Lipinski definition) is 2. The average Bonchev–Trinajstić information content (AvgIpc) is 2.84. The van der Waals surface area contributed by atoms with Crippen LogP contribution in [-0.2, 0) is 11.3 Å². The fraction of sp³-hybridized carbons (Fsp3) is 0.333. The van der Waals surface area contributed by atoms with Gasteiger partial charge in [0.05, 0.1) is 17.9 Å². The maximum atomic E-state index is 10.1. The molecule has 2 aromatic rings. The molecule has 5 heteroatoms. The van der Waals surface area contributed by atoms with Gasteiger partial charge in [-0.2, -0.15) is 0 Å². The summed E-state index contributed by atoms with van der Waals surface area (Å²) in [6.45, 7) is 4.71. The van der Waals surface area contributed by atoms with E-state index in [4.69, 9.17) is 4.74 Å². The van der Waals surface area contributed by atoms with Crippen LogP contribution in [0.15, 0.2) is 18.6 Å². The van der Waals surface area contributed by atoms with Gasteiger partial charge in [0.2, 0.25) is 0 Å². The fourth-order valence-electron chi connectivity index (χ4n) is 1.62. The molecule has 0 saturated heterocycles. The molecule has 0 aliphatic rings. The van der Waals surface area contributed by atoms with Gasteiger partial charge in [0.1, 0.15) is 11.6 Å². The van der Waals surface area contributed by atoms with Crippen LogP contribution in [0, 0.1) is 6.92 Å². The van der Waals surface area contributed by atoms with Gasteiger partial charge in [-0.15, -0.1) is 0 Å². The highest BCUT2D eigenvalue weighted by Gasteiger charge is 2.15. The number of aromatic amines is 1. The molecule has 0 unspecified atom stereocenters. The van der Waals surface area contributed by atoms with E-state index in [0.29, 0.717) is 30.3 Å². The van der Waals surface area contributed by atoms with Crippen LogP contribution in [0.5, 0.6) is 5.75 Å². The highest BCUT2D eigenvalue weighted by molar-refractivity contribution is 5.68. The molecule has 90 valence electrons. The lowest BCUT2D eigenvalue weighted by Crippen LogP contribution is -1.99. The molecule has 0 amide bonds. The highest BCUT2D eigenvalue weighted by atomic mass is 16.5. The lowest BCUT2D eigenvalue weighted by Gasteiger charge is -2.10. The van der Waals surface area contributed by atoms with Crippen LogP contribution in [0.4, 0.5) is 0 Å². The van der Waals surface area contributed by atoms with Gasteiger partial charge in [-0.1, -0.05) is 0 Å². The van der Waals surface area contributed by atoms with Gasteiger partial charge in [-0.25, -0.2) is 4.98 Å². The molecule has 0 atom stereocenters. The van der Waals surface area contributed by atoms with Crippen molar-refractivity contribution in [1.29, 1.82) is 0 Å². The third kappa shape index (κ3) is 2.29. The minimum Gasteiger partial charge on any atom is -0.505 e. The molecule has 0 bridgehead atoms. The number of aryl methyl sites for hydroxylation is 1. The van der Waals surface area contributed by atoms with Gasteiger partial charge in [-0.3, -0.25) is 4.98 Å². The van der Waals surface area contributed by atoms with E-state index in [-0.39, 0.29) is 5.75 Å². The van der Waals surface area contributed by atoms with Crippen molar-refractivity contribution < 1.29 is 9.84 Å². The number of rotatable bonds is 4. The molecule has 0 radical (unpaired) electrons. The number of hydrogen-bond acceptors (Lipinski definition) is 4. The SMILES string of the molecule is CCOCc1cnc(C)c(O)c1-c1ncc[nH]1. The van der Waals surface area contributed by atoms with E-state index in [1.54, 1.807) is 25.5 Å².